The van der Waals surface area contributed by atoms with Crippen LogP contribution in [-0.4, -0.2) is 17.4 Å². The van der Waals surface area contributed by atoms with Crippen molar-refractivity contribution < 1.29 is 14.7 Å². The van der Waals surface area contributed by atoms with E-state index in [2.05, 4.69) is 0 Å². The first-order valence-electron chi connectivity index (χ1n) is 3.68. The molecule has 0 rings (SSSR count). The first kappa shape index (κ1) is 10.1. The molecule has 0 spiro atoms. The van der Waals surface area contributed by atoms with Gasteiger partial charge in [0.2, 0.25) is 0 Å². The minimum atomic E-state index is -0.802. The average molecular weight is 158 g/mol. The highest BCUT2D eigenvalue weighted by Gasteiger charge is 2.25. The third-order valence-electron chi connectivity index (χ3n) is 1.70. The smallest absolute Gasteiger partial charge is 0.309 e. The third-order valence-corrected chi connectivity index (χ3v) is 1.70. The summed E-state index contributed by atoms with van der Waals surface area (Å²) in [7, 11) is 0. The summed E-state index contributed by atoms with van der Waals surface area (Å²) in [6, 6.07) is 0. The molecule has 3 nitrogen and oxygen atoms in total. The molecule has 0 bridgehead atoms. The van der Waals surface area contributed by atoms with Crippen LogP contribution < -0.4 is 0 Å². The van der Waals surface area contributed by atoms with Crippen LogP contribution in [0.2, 0.25) is 0 Å². The normalized spacial score (nSPS) is 11.1. The summed E-state index contributed by atoms with van der Waals surface area (Å²) in [5.74, 6) is -0.802. The maximum Gasteiger partial charge on any atom is 0.309 e. The highest BCUT2D eigenvalue weighted by molar-refractivity contribution is 5.73. The Labute approximate surface area is 66.4 Å². The monoisotopic (exact) mass is 158 g/mol. The fourth-order valence-electron chi connectivity index (χ4n) is 0.734. The van der Waals surface area contributed by atoms with Crippen molar-refractivity contribution in [3.8, 4) is 0 Å². The van der Waals surface area contributed by atoms with Crippen molar-refractivity contribution in [2.24, 2.45) is 5.41 Å². The molecule has 0 atom stereocenters. The minimum absolute atomic E-state index is 0.455. The number of aliphatic carboxylic acids is 1. The average Bonchev–Trinajstić information content (AvgIpc) is 1.88. The van der Waals surface area contributed by atoms with Gasteiger partial charge in [-0.1, -0.05) is 0 Å². The molecule has 0 aliphatic rings. The van der Waals surface area contributed by atoms with E-state index in [9.17, 15) is 9.59 Å². The van der Waals surface area contributed by atoms with Crippen LogP contribution in [0.3, 0.4) is 0 Å². The van der Waals surface area contributed by atoms with Crippen molar-refractivity contribution in [3.63, 3.8) is 0 Å². The lowest BCUT2D eigenvalue weighted by atomic mass is 9.87. The second-order valence-corrected chi connectivity index (χ2v) is 3.25. The number of carbonyl (C=O) groups is 2. The van der Waals surface area contributed by atoms with E-state index in [1.807, 2.05) is 0 Å². The summed E-state index contributed by atoms with van der Waals surface area (Å²) in [4.78, 5) is 20.4. The largest absolute Gasteiger partial charge is 0.481 e. The highest BCUT2D eigenvalue weighted by Crippen LogP contribution is 2.22. The van der Waals surface area contributed by atoms with Gasteiger partial charge in [0.15, 0.2) is 0 Å². The Kier molecular flexibility index (Phi) is 3.79. The molecule has 0 aromatic heterocycles. The lowest BCUT2D eigenvalue weighted by Crippen LogP contribution is -2.23. The molecule has 0 radical (unpaired) electrons. The van der Waals surface area contributed by atoms with Crippen LogP contribution in [0.25, 0.3) is 0 Å². The second kappa shape index (κ2) is 4.11. The SMILES string of the molecule is CC(C)(CCCC=O)C(=O)O. The zero-order chi connectivity index (χ0) is 8.91. The van der Waals surface area contributed by atoms with Crippen LogP contribution in [0.15, 0.2) is 0 Å². The third kappa shape index (κ3) is 3.75. The van der Waals surface area contributed by atoms with Crippen LogP contribution in [0, 0.1) is 5.41 Å². The number of carbonyl (C=O) groups excluding carboxylic acids is 1. The zero-order valence-corrected chi connectivity index (χ0v) is 6.96. The number of carboxylic acid groups (broad SMARTS) is 1. The molecule has 0 aliphatic heterocycles. The van der Waals surface area contributed by atoms with Gasteiger partial charge in [0.25, 0.3) is 0 Å². The number of hydrogen-bond donors (Lipinski definition) is 1. The molecule has 11 heavy (non-hydrogen) atoms. The van der Waals surface area contributed by atoms with Crippen molar-refractivity contribution in [1.82, 2.24) is 0 Å². The predicted octanol–water partition coefficient (Wildman–Crippen LogP) is 1.47. The van der Waals surface area contributed by atoms with Crippen LogP contribution >= 0.6 is 0 Å². The summed E-state index contributed by atoms with van der Waals surface area (Å²) in [6.45, 7) is 3.33. The molecular weight excluding hydrogens is 144 g/mol. The van der Waals surface area contributed by atoms with Gasteiger partial charge < -0.3 is 9.90 Å². The number of unbranched alkanes of at least 4 members (excludes halogenated alkanes) is 1. The summed E-state index contributed by atoms with van der Waals surface area (Å²) < 4.78 is 0. The van der Waals surface area contributed by atoms with Crippen molar-refractivity contribution in [3.05, 3.63) is 0 Å². The predicted molar refractivity (Wildman–Crippen MR) is 41.3 cm³/mol. The van der Waals surface area contributed by atoms with Crippen molar-refractivity contribution in [2.45, 2.75) is 33.1 Å². The van der Waals surface area contributed by atoms with Crippen LogP contribution in [-0.2, 0) is 9.59 Å². The number of hydrogen-bond acceptors (Lipinski definition) is 2. The molecule has 64 valence electrons. The Hall–Kier alpha value is -0.860. The Morgan fingerprint density at radius 2 is 2.09 bits per heavy atom. The Bertz CT molecular complexity index is 149. The molecule has 0 aromatic carbocycles. The standard InChI is InChI=1S/C8H14O3/c1-8(2,7(10)11)5-3-4-6-9/h6H,3-5H2,1-2H3,(H,10,11). The molecular formula is C8H14O3. The molecule has 0 aliphatic carbocycles. The summed E-state index contributed by atoms with van der Waals surface area (Å²) in [6.07, 6.45) is 2.48. The fourth-order valence-corrected chi connectivity index (χ4v) is 0.734. The molecule has 0 unspecified atom stereocenters. The van der Waals surface area contributed by atoms with Gasteiger partial charge >= 0.3 is 5.97 Å². The number of rotatable bonds is 5. The quantitative estimate of drug-likeness (QED) is 0.487. The molecule has 0 heterocycles. The lowest BCUT2D eigenvalue weighted by molar-refractivity contribution is -0.147. The Morgan fingerprint density at radius 1 is 1.55 bits per heavy atom. The topological polar surface area (TPSA) is 54.4 Å². The molecule has 0 aromatic rings. The molecule has 0 saturated carbocycles. The molecule has 1 N–H and O–H groups in total. The van der Waals surface area contributed by atoms with Crippen LogP contribution in [0.4, 0.5) is 0 Å². The van der Waals surface area contributed by atoms with E-state index in [1.54, 1.807) is 13.8 Å². The van der Waals surface area contributed by atoms with E-state index in [0.29, 0.717) is 19.3 Å². The second-order valence-electron chi connectivity index (χ2n) is 3.25. The van der Waals surface area contributed by atoms with E-state index in [1.165, 1.54) is 0 Å². The summed E-state index contributed by atoms with van der Waals surface area (Å²) in [5.41, 5.74) is -0.691. The highest BCUT2D eigenvalue weighted by atomic mass is 16.4. The maximum atomic E-state index is 10.5. The van der Waals surface area contributed by atoms with E-state index in [-0.39, 0.29) is 0 Å². The molecule has 0 saturated heterocycles. The zero-order valence-electron chi connectivity index (χ0n) is 6.96. The molecule has 0 fully saturated rings. The summed E-state index contributed by atoms with van der Waals surface area (Å²) >= 11 is 0. The van der Waals surface area contributed by atoms with Crippen molar-refractivity contribution in [1.29, 1.82) is 0 Å². The molecule has 3 heteroatoms. The first-order chi connectivity index (χ1) is 5.00. The van der Waals surface area contributed by atoms with Crippen LogP contribution in [0.1, 0.15) is 33.1 Å². The minimum Gasteiger partial charge on any atom is -0.481 e. The number of aldehydes is 1. The van der Waals surface area contributed by atoms with Gasteiger partial charge in [-0.05, 0) is 26.7 Å². The summed E-state index contributed by atoms with van der Waals surface area (Å²) in [5, 5.41) is 8.65. The van der Waals surface area contributed by atoms with Gasteiger partial charge in [0.1, 0.15) is 6.29 Å². The van der Waals surface area contributed by atoms with E-state index < -0.39 is 11.4 Å². The van der Waals surface area contributed by atoms with Gasteiger partial charge in [-0.3, -0.25) is 4.79 Å². The van der Waals surface area contributed by atoms with Crippen molar-refractivity contribution >= 4 is 12.3 Å². The number of carboxylic acids is 1. The van der Waals surface area contributed by atoms with Crippen LogP contribution in [0.5, 0.6) is 0 Å². The molecule has 0 amide bonds. The van der Waals surface area contributed by atoms with Gasteiger partial charge in [0, 0.05) is 6.42 Å². The van der Waals surface area contributed by atoms with E-state index in [4.69, 9.17) is 5.11 Å². The van der Waals surface area contributed by atoms with Gasteiger partial charge in [-0.15, -0.1) is 0 Å². The lowest BCUT2D eigenvalue weighted by Gasteiger charge is -2.17. The van der Waals surface area contributed by atoms with Crippen molar-refractivity contribution in [2.75, 3.05) is 0 Å². The Balaban J connectivity index is 3.72. The first-order valence-corrected chi connectivity index (χ1v) is 3.68. The fraction of sp³-hybridized carbons (Fsp3) is 0.750. The van der Waals surface area contributed by atoms with E-state index in [0.717, 1.165) is 6.29 Å². The Morgan fingerprint density at radius 3 is 2.45 bits per heavy atom. The van der Waals surface area contributed by atoms with E-state index >= 15 is 0 Å². The van der Waals surface area contributed by atoms with Gasteiger partial charge in [-0.2, -0.15) is 0 Å². The van der Waals surface area contributed by atoms with Gasteiger partial charge in [-0.25, -0.2) is 0 Å². The maximum absolute atomic E-state index is 10.5. The van der Waals surface area contributed by atoms with Gasteiger partial charge in [0.05, 0.1) is 5.41 Å².